The monoisotopic (exact) mass is 344 g/mol. The fraction of sp³-hybridized carbons (Fsp3) is 0.421. The summed E-state index contributed by atoms with van der Waals surface area (Å²) < 4.78 is 5.72. The standard InChI is InChI=1S/C19H24N2O4/c1-14(2)21(12-11-19(23)24)18(22)10-6-9-17-20-13-16(25-17)15-7-4-3-5-8-15/h3-5,7-8,13-14H,6,9-12H2,1-2H3,(H,23,24). The van der Waals surface area contributed by atoms with E-state index in [9.17, 15) is 9.59 Å². The summed E-state index contributed by atoms with van der Waals surface area (Å²) >= 11 is 0. The maximum atomic E-state index is 12.3. The molecule has 0 fully saturated rings. The molecule has 6 heteroatoms. The van der Waals surface area contributed by atoms with Crippen LogP contribution in [0.3, 0.4) is 0 Å². The number of benzene rings is 1. The molecule has 0 aliphatic rings. The van der Waals surface area contributed by atoms with Gasteiger partial charge in [0, 0.05) is 31.0 Å². The first kappa shape index (κ1) is 18.7. The molecule has 0 aliphatic heterocycles. The van der Waals surface area contributed by atoms with Crippen LogP contribution in [0.4, 0.5) is 0 Å². The normalized spacial score (nSPS) is 10.8. The maximum absolute atomic E-state index is 12.3. The summed E-state index contributed by atoms with van der Waals surface area (Å²) in [4.78, 5) is 28.9. The Morgan fingerprint density at radius 1 is 1.20 bits per heavy atom. The lowest BCUT2D eigenvalue weighted by molar-refractivity contribution is -0.139. The van der Waals surface area contributed by atoms with E-state index in [1.165, 1.54) is 0 Å². The Hall–Kier alpha value is -2.63. The minimum absolute atomic E-state index is 0.0155. The van der Waals surface area contributed by atoms with Crippen molar-refractivity contribution in [3.05, 3.63) is 42.4 Å². The smallest absolute Gasteiger partial charge is 0.305 e. The Morgan fingerprint density at radius 3 is 2.56 bits per heavy atom. The highest BCUT2D eigenvalue weighted by molar-refractivity contribution is 5.77. The topological polar surface area (TPSA) is 83.6 Å². The zero-order valence-corrected chi connectivity index (χ0v) is 14.6. The van der Waals surface area contributed by atoms with E-state index >= 15 is 0 Å². The van der Waals surface area contributed by atoms with Crippen LogP contribution in [-0.4, -0.2) is 39.5 Å². The minimum atomic E-state index is -0.897. The summed E-state index contributed by atoms with van der Waals surface area (Å²) in [5.41, 5.74) is 0.969. The van der Waals surface area contributed by atoms with Gasteiger partial charge in [-0.15, -0.1) is 0 Å². The van der Waals surface area contributed by atoms with E-state index in [0.717, 1.165) is 5.56 Å². The first-order chi connectivity index (χ1) is 12.0. The van der Waals surface area contributed by atoms with Crippen LogP contribution in [-0.2, 0) is 16.0 Å². The number of carbonyl (C=O) groups is 2. The van der Waals surface area contributed by atoms with Crippen LogP contribution in [0.25, 0.3) is 11.3 Å². The summed E-state index contributed by atoms with van der Waals surface area (Å²) in [6, 6.07) is 9.71. The van der Waals surface area contributed by atoms with Crippen molar-refractivity contribution in [1.82, 2.24) is 9.88 Å². The molecule has 1 heterocycles. The Kier molecular flexibility index (Phi) is 6.74. The fourth-order valence-corrected chi connectivity index (χ4v) is 2.58. The minimum Gasteiger partial charge on any atom is -0.481 e. The molecule has 0 bridgehead atoms. The van der Waals surface area contributed by atoms with Crippen LogP contribution in [0.5, 0.6) is 0 Å². The molecule has 0 radical (unpaired) electrons. The Balaban J connectivity index is 1.84. The lowest BCUT2D eigenvalue weighted by Crippen LogP contribution is -2.38. The van der Waals surface area contributed by atoms with E-state index < -0.39 is 5.97 Å². The highest BCUT2D eigenvalue weighted by Gasteiger charge is 2.18. The van der Waals surface area contributed by atoms with Crippen molar-refractivity contribution in [2.24, 2.45) is 0 Å². The van der Waals surface area contributed by atoms with Crippen molar-refractivity contribution in [2.45, 2.75) is 45.6 Å². The molecule has 1 amide bonds. The molecule has 2 rings (SSSR count). The average molecular weight is 344 g/mol. The van der Waals surface area contributed by atoms with Crippen molar-refractivity contribution in [3.63, 3.8) is 0 Å². The number of nitrogens with zero attached hydrogens (tertiary/aromatic N) is 2. The molecule has 0 atom stereocenters. The molecule has 134 valence electrons. The average Bonchev–Trinajstić information content (AvgIpc) is 3.04. The number of rotatable bonds is 9. The number of carboxylic acid groups (broad SMARTS) is 1. The van der Waals surface area contributed by atoms with Gasteiger partial charge in [0.25, 0.3) is 0 Å². The van der Waals surface area contributed by atoms with Crippen LogP contribution < -0.4 is 0 Å². The second-order valence-electron chi connectivity index (χ2n) is 6.16. The van der Waals surface area contributed by atoms with Gasteiger partial charge in [-0.2, -0.15) is 0 Å². The molecular weight excluding hydrogens is 320 g/mol. The van der Waals surface area contributed by atoms with Gasteiger partial charge in [-0.25, -0.2) is 4.98 Å². The number of aliphatic carboxylic acids is 1. The molecule has 1 aromatic carbocycles. The summed E-state index contributed by atoms with van der Waals surface area (Å²) in [6.45, 7) is 4.02. The molecule has 25 heavy (non-hydrogen) atoms. The summed E-state index contributed by atoms with van der Waals surface area (Å²) in [5, 5.41) is 8.79. The van der Waals surface area contributed by atoms with Gasteiger partial charge in [0.15, 0.2) is 11.7 Å². The molecule has 0 saturated carbocycles. The van der Waals surface area contributed by atoms with Gasteiger partial charge in [0.05, 0.1) is 12.6 Å². The van der Waals surface area contributed by atoms with Crippen molar-refractivity contribution < 1.29 is 19.1 Å². The Labute approximate surface area is 147 Å². The van der Waals surface area contributed by atoms with Crippen molar-refractivity contribution >= 4 is 11.9 Å². The van der Waals surface area contributed by atoms with E-state index in [0.29, 0.717) is 30.9 Å². The van der Waals surface area contributed by atoms with Crippen LogP contribution in [0.1, 0.15) is 39.0 Å². The molecule has 0 spiro atoms. The number of hydrogen-bond acceptors (Lipinski definition) is 4. The lowest BCUT2D eigenvalue weighted by atomic mass is 10.2. The number of amides is 1. The van der Waals surface area contributed by atoms with E-state index in [1.54, 1.807) is 11.1 Å². The molecule has 2 aromatic rings. The second kappa shape index (κ2) is 9.01. The number of oxazole rings is 1. The SMILES string of the molecule is CC(C)N(CCC(=O)O)C(=O)CCCc1ncc(-c2ccccc2)o1. The quantitative estimate of drug-likeness (QED) is 0.754. The highest BCUT2D eigenvalue weighted by atomic mass is 16.4. The Bertz CT molecular complexity index is 694. The summed E-state index contributed by atoms with van der Waals surface area (Å²) in [7, 11) is 0. The van der Waals surface area contributed by atoms with Gasteiger partial charge in [-0.3, -0.25) is 9.59 Å². The van der Waals surface area contributed by atoms with Gasteiger partial charge in [-0.1, -0.05) is 30.3 Å². The van der Waals surface area contributed by atoms with E-state index in [-0.39, 0.29) is 24.9 Å². The van der Waals surface area contributed by atoms with Crippen LogP contribution >= 0.6 is 0 Å². The molecule has 0 aliphatic carbocycles. The number of aryl methyl sites for hydroxylation is 1. The molecule has 0 unspecified atom stereocenters. The largest absolute Gasteiger partial charge is 0.481 e. The van der Waals surface area contributed by atoms with Gasteiger partial charge in [-0.05, 0) is 20.3 Å². The number of carboxylic acids is 1. The predicted octanol–water partition coefficient (Wildman–Crippen LogP) is 3.38. The number of carbonyl (C=O) groups excluding carboxylic acids is 1. The van der Waals surface area contributed by atoms with E-state index in [1.807, 2.05) is 44.2 Å². The molecule has 0 saturated heterocycles. The second-order valence-corrected chi connectivity index (χ2v) is 6.16. The lowest BCUT2D eigenvalue weighted by Gasteiger charge is -2.26. The number of hydrogen-bond donors (Lipinski definition) is 1. The zero-order valence-electron chi connectivity index (χ0n) is 14.6. The van der Waals surface area contributed by atoms with Crippen molar-refractivity contribution in [3.8, 4) is 11.3 Å². The van der Waals surface area contributed by atoms with Gasteiger partial charge in [0.1, 0.15) is 0 Å². The van der Waals surface area contributed by atoms with Crippen LogP contribution in [0.2, 0.25) is 0 Å². The molecule has 6 nitrogen and oxygen atoms in total. The zero-order chi connectivity index (χ0) is 18.2. The summed E-state index contributed by atoms with van der Waals surface area (Å²) in [5.74, 6) is 0.387. The number of aromatic nitrogens is 1. The third-order valence-electron chi connectivity index (χ3n) is 3.90. The van der Waals surface area contributed by atoms with Crippen molar-refractivity contribution in [2.75, 3.05) is 6.54 Å². The Morgan fingerprint density at radius 2 is 1.92 bits per heavy atom. The molecule has 1 aromatic heterocycles. The summed E-state index contributed by atoms with van der Waals surface area (Å²) in [6.07, 6.45) is 3.19. The highest BCUT2D eigenvalue weighted by Crippen LogP contribution is 2.20. The first-order valence-corrected chi connectivity index (χ1v) is 8.48. The van der Waals surface area contributed by atoms with Crippen molar-refractivity contribution in [1.29, 1.82) is 0 Å². The molecular formula is C19H24N2O4. The predicted molar refractivity (Wildman–Crippen MR) is 94.0 cm³/mol. The van der Waals surface area contributed by atoms with E-state index in [4.69, 9.17) is 9.52 Å². The fourth-order valence-electron chi connectivity index (χ4n) is 2.58. The van der Waals surface area contributed by atoms with Crippen LogP contribution in [0, 0.1) is 0 Å². The third-order valence-corrected chi connectivity index (χ3v) is 3.90. The van der Waals surface area contributed by atoms with Gasteiger partial charge < -0.3 is 14.4 Å². The van der Waals surface area contributed by atoms with Gasteiger partial charge >= 0.3 is 5.97 Å². The third kappa shape index (κ3) is 5.74. The maximum Gasteiger partial charge on any atom is 0.305 e. The van der Waals surface area contributed by atoms with Crippen LogP contribution in [0.15, 0.2) is 40.9 Å². The van der Waals surface area contributed by atoms with E-state index in [2.05, 4.69) is 4.98 Å². The first-order valence-electron chi connectivity index (χ1n) is 8.48. The van der Waals surface area contributed by atoms with Gasteiger partial charge in [0.2, 0.25) is 5.91 Å². The molecule has 1 N–H and O–H groups in total.